The highest BCUT2D eigenvalue weighted by molar-refractivity contribution is 7.10. The van der Waals surface area contributed by atoms with E-state index in [1.807, 2.05) is 40.0 Å². The summed E-state index contributed by atoms with van der Waals surface area (Å²) in [5.41, 5.74) is 8.16. The molecule has 17 heteroatoms. The molecule has 61 heavy (non-hydrogen) atoms. The van der Waals surface area contributed by atoms with Crippen LogP contribution in [-0.4, -0.2) is 114 Å². The average molecular weight is 865 g/mol. The maximum Gasteiger partial charge on any atom is 0.324 e. The molecule has 2 N–H and O–H groups in total. The van der Waals surface area contributed by atoms with Gasteiger partial charge >= 0.3 is 5.97 Å². The number of hydrogen-bond donors (Lipinski definition) is 2. The molecule has 0 radical (unpaired) electrons. The molecule has 0 unspecified atom stereocenters. The highest BCUT2D eigenvalue weighted by atomic mass is 32.1. The number of piperazine rings is 1. The normalized spacial score (nSPS) is 24.2. The Morgan fingerprint density at radius 1 is 1.13 bits per heavy atom. The number of nitrogens with one attached hydrogen (secondary N) is 2. The fourth-order valence-electron chi connectivity index (χ4n) is 8.95. The van der Waals surface area contributed by atoms with Crippen LogP contribution in [-0.2, 0) is 43.2 Å². The molecule has 1 aromatic carbocycles. The van der Waals surface area contributed by atoms with E-state index in [1.54, 1.807) is 18.6 Å². The molecule has 1 saturated carbocycles. The van der Waals surface area contributed by atoms with Crippen LogP contribution >= 0.6 is 11.3 Å². The number of halogens is 3. The van der Waals surface area contributed by atoms with E-state index in [9.17, 15) is 23.2 Å². The van der Waals surface area contributed by atoms with Crippen LogP contribution < -0.4 is 15.6 Å². The van der Waals surface area contributed by atoms with E-state index in [1.165, 1.54) is 16.3 Å². The predicted octanol–water partition coefficient (Wildman–Crippen LogP) is 5.99. The number of rotatable bonds is 8. The second-order valence-corrected chi connectivity index (χ2v) is 18.7. The van der Waals surface area contributed by atoms with Crippen molar-refractivity contribution in [1.29, 1.82) is 0 Å². The van der Waals surface area contributed by atoms with Crippen molar-refractivity contribution in [2.24, 2.45) is 17.3 Å². The number of cyclic esters (lactones) is 1. The minimum Gasteiger partial charge on any atom is -0.464 e. The molecule has 13 nitrogen and oxygen atoms in total. The number of hydrogen-bond acceptors (Lipinski definition) is 11. The molecule has 2 amide bonds. The number of likely N-dealkylation sites (N-methyl/N-ethyl adjacent to an activating group) is 1. The summed E-state index contributed by atoms with van der Waals surface area (Å²) in [7, 11) is 3.77. The molecule has 3 aromatic heterocycles. The standard InChI is InChI=1S/C44H55F3N8O5S/c1-7-54-36-18-32(45)29-16-26(36)31(39(54)30-15-25(21-48-38(30)24(2)59-6)53-13-11-52(5)12-14-53)20-44(3,4)23-60-43(58)33-9-8-10-55(51-33)42(57)34(19-37-49-35(29)22-61-37)50-41(56)28-17-27(28)40(46)47/h15-16,18,21-22,24,27-28,33-34,40,51H,7-14,17,19-20,23H2,1-6H3,(H,50,56)/t24-,27-,28-,33-,34-/m0/s1. The van der Waals surface area contributed by atoms with Gasteiger partial charge in [0.2, 0.25) is 12.3 Å². The number of thiazole rings is 1. The number of aryl methyl sites for hydroxylation is 1. The smallest absolute Gasteiger partial charge is 0.324 e. The van der Waals surface area contributed by atoms with Gasteiger partial charge in [-0.05, 0) is 70.3 Å². The fraction of sp³-hybridized carbons (Fsp3) is 0.568. The first-order valence-electron chi connectivity index (χ1n) is 21.2. The van der Waals surface area contributed by atoms with Crippen LogP contribution in [0.15, 0.2) is 29.8 Å². The summed E-state index contributed by atoms with van der Waals surface area (Å²) in [6.07, 6.45) is 0.236. The summed E-state index contributed by atoms with van der Waals surface area (Å²) in [5.74, 6) is -4.13. The van der Waals surface area contributed by atoms with E-state index < -0.39 is 59.4 Å². The number of methoxy groups -OCH3 is 1. The van der Waals surface area contributed by atoms with Gasteiger partial charge in [-0.25, -0.2) is 23.6 Å². The summed E-state index contributed by atoms with van der Waals surface area (Å²) in [5, 5.41) is 7.01. The van der Waals surface area contributed by atoms with Crippen LogP contribution in [0.2, 0.25) is 0 Å². The van der Waals surface area contributed by atoms with Crippen LogP contribution in [0.1, 0.15) is 69.3 Å². The third kappa shape index (κ3) is 8.75. The van der Waals surface area contributed by atoms with Gasteiger partial charge in [-0.1, -0.05) is 13.8 Å². The average Bonchev–Trinajstić information content (AvgIpc) is 3.86. The molecule has 328 valence electrons. The molecule has 3 fully saturated rings. The second kappa shape index (κ2) is 17.3. The first-order chi connectivity index (χ1) is 29.2. The molecule has 5 atom stereocenters. The SMILES string of the molecule is CCn1c(-c2cc(N3CCN(C)CC3)cnc2[C@H](C)OC)c2c3cc(c(F)cc31)-c1csc(n1)C[C@H](NC(=O)[C@H]1C[C@@H]1C(F)F)C(=O)N1CCC[C@H](N1)C(=O)OCC(C)(C)C2. The number of fused-ring (bicyclic) bond motifs is 6. The molecule has 6 heterocycles. The quantitative estimate of drug-likeness (QED) is 0.204. The van der Waals surface area contributed by atoms with Crippen molar-refractivity contribution in [2.75, 3.05) is 58.4 Å². The molecule has 1 aliphatic carbocycles. The Kier molecular flexibility index (Phi) is 12.2. The second-order valence-electron chi connectivity index (χ2n) is 17.7. The van der Waals surface area contributed by atoms with Gasteiger partial charge in [0, 0.05) is 91.9 Å². The van der Waals surface area contributed by atoms with Crippen molar-refractivity contribution in [3.05, 3.63) is 51.9 Å². The maximum atomic E-state index is 16.6. The molecular formula is C44H55F3N8O5S. The molecule has 4 aromatic rings. The van der Waals surface area contributed by atoms with Gasteiger partial charge in [-0.3, -0.25) is 24.4 Å². The first-order valence-corrected chi connectivity index (χ1v) is 22.1. The third-order valence-corrected chi connectivity index (χ3v) is 13.5. The Bertz CT molecular complexity index is 2310. The van der Waals surface area contributed by atoms with E-state index >= 15 is 4.39 Å². The van der Waals surface area contributed by atoms with Crippen LogP contribution in [0.4, 0.5) is 18.9 Å². The summed E-state index contributed by atoms with van der Waals surface area (Å²) < 4.78 is 57.6. The number of alkyl halides is 2. The van der Waals surface area contributed by atoms with Crippen molar-refractivity contribution in [2.45, 2.75) is 91.0 Å². The molecule has 6 bridgehead atoms. The van der Waals surface area contributed by atoms with Gasteiger partial charge in [0.05, 0.1) is 52.2 Å². The van der Waals surface area contributed by atoms with Crippen LogP contribution in [0.5, 0.6) is 0 Å². The van der Waals surface area contributed by atoms with Crippen LogP contribution in [0.3, 0.4) is 0 Å². The number of benzene rings is 1. The number of carbonyl (C=O) groups excluding carboxylic acids is 3. The van der Waals surface area contributed by atoms with Gasteiger partial charge in [-0.2, -0.15) is 0 Å². The summed E-state index contributed by atoms with van der Waals surface area (Å²) >= 11 is 1.22. The van der Waals surface area contributed by atoms with Crippen molar-refractivity contribution in [1.82, 2.24) is 35.2 Å². The number of ether oxygens (including phenoxy) is 2. The molecular weight excluding hydrogens is 810 g/mol. The number of esters is 1. The monoisotopic (exact) mass is 864 g/mol. The van der Waals surface area contributed by atoms with Gasteiger partial charge in [-0.15, -0.1) is 11.3 Å². The Labute approximate surface area is 357 Å². The zero-order valence-corrected chi connectivity index (χ0v) is 36.4. The number of nitrogens with zero attached hydrogens (tertiary/aromatic N) is 6. The Hall–Kier alpha value is -4.58. The largest absolute Gasteiger partial charge is 0.464 e. The Morgan fingerprint density at radius 2 is 1.90 bits per heavy atom. The lowest BCUT2D eigenvalue weighted by atomic mass is 9.84. The molecule has 2 saturated heterocycles. The number of amides is 2. The van der Waals surface area contributed by atoms with Crippen molar-refractivity contribution in [3.8, 4) is 22.5 Å². The third-order valence-electron chi connectivity index (χ3n) is 12.7. The van der Waals surface area contributed by atoms with Crippen LogP contribution in [0.25, 0.3) is 33.4 Å². The number of carbonyl (C=O) groups is 3. The number of hydrazine groups is 1. The number of aromatic nitrogens is 3. The summed E-state index contributed by atoms with van der Waals surface area (Å²) in [4.78, 5) is 55.6. The number of pyridine rings is 1. The van der Waals surface area contributed by atoms with E-state index in [0.717, 1.165) is 59.8 Å². The lowest BCUT2D eigenvalue weighted by molar-refractivity contribution is -0.155. The van der Waals surface area contributed by atoms with Crippen molar-refractivity contribution in [3.63, 3.8) is 0 Å². The van der Waals surface area contributed by atoms with E-state index in [0.29, 0.717) is 42.0 Å². The molecule has 0 spiro atoms. The van der Waals surface area contributed by atoms with E-state index in [2.05, 4.69) is 38.2 Å². The first kappa shape index (κ1) is 43.1. The lowest BCUT2D eigenvalue weighted by Gasteiger charge is -2.35. The minimum atomic E-state index is -2.64. The van der Waals surface area contributed by atoms with Gasteiger partial charge < -0.3 is 29.2 Å². The maximum absolute atomic E-state index is 16.6. The van der Waals surface area contributed by atoms with Crippen LogP contribution in [0, 0.1) is 23.1 Å². The number of anilines is 1. The molecule has 4 aliphatic rings. The van der Waals surface area contributed by atoms with Gasteiger partial charge in [0.1, 0.15) is 17.9 Å². The van der Waals surface area contributed by atoms with E-state index in [-0.39, 0.29) is 37.7 Å². The zero-order chi connectivity index (χ0) is 43.3. The van der Waals surface area contributed by atoms with Gasteiger partial charge in [0.15, 0.2) is 0 Å². The predicted molar refractivity (Wildman–Crippen MR) is 227 cm³/mol. The Balaban J connectivity index is 1.27. The van der Waals surface area contributed by atoms with E-state index in [4.69, 9.17) is 19.4 Å². The van der Waals surface area contributed by atoms with Crippen molar-refractivity contribution >= 4 is 45.7 Å². The minimum absolute atomic E-state index is 0.0359. The highest BCUT2D eigenvalue weighted by Gasteiger charge is 2.50. The molecule has 3 aliphatic heterocycles. The van der Waals surface area contributed by atoms with Gasteiger partial charge in [0.25, 0.3) is 5.91 Å². The molecule has 8 rings (SSSR count). The lowest BCUT2D eigenvalue weighted by Crippen LogP contribution is -2.60. The zero-order valence-electron chi connectivity index (χ0n) is 35.6. The summed E-state index contributed by atoms with van der Waals surface area (Å²) in [6, 6.07) is 3.55. The highest BCUT2D eigenvalue weighted by Crippen LogP contribution is 2.45. The summed E-state index contributed by atoms with van der Waals surface area (Å²) in [6.45, 7) is 12.4. The van der Waals surface area contributed by atoms with Crippen molar-refractivity contribution < 1.29 is 37.0 Å². The Morgan fingerprint density at radius 3 is 2.61 bits per heavy atom. The topological polar surface area (TPSA) is 134 Å². The fourth-order valence-corrected chi connectivity index (χ4v) is 9.80.